The maximum Gasteiger partial charge on any atom is 0.394 e. The summed E-state index contributed by atoms with van der Waals surface area (Å²) in [4.78, 5) is 0. The van der Waals surface area contributed by atoms with Crippen molar-refractivity contribution in [1.82, 2.24) is 4.45 Å². The third-order valence-electron chi connectivity index (χ3n) is 1.18. The largest absolute Gasteiger partial charge is 0.394 e. The summed E-state index contributed by atoms with van der Waals surface area (Å²) in [5.74, 6) is 0. The van der Waals surface area contributed by atoms with Gasteiger partial charge in [0.1, 0.15) is 0 Å². The molecule has 0 saturated heterocycles. The molecule has 0 radical (unpaired) electrons. The van der Waals surface area contributed by atoms with Crippen LogP contribution in [0.25, 0.3) is 0 Å². The first-order valence-corrected chi connectivity index (χ1v) is 8.18. The third kappa shape index (κ3) is 9.36. The molecule has 0 saturated carbocycles. The van der Waals surface area contributed by atoms with E-state index in [1.807, 2.05) is 12.1 Å². The van der Waals surface area contributed by atoms with Crippen molar-refractivity contribution in [1.29, 1.82) is 0 Å². The summed E-state index contributed by atoms with van der Waals surface area (Å²) in [6.45, 7) is 0. The van der Waals surface area contributed by atoms with E-state index in [1.54, 1.807) is 0 Å². The van der Waals surface area contributed by atoms with E-state index in [0.717, 1.165) is 19.1 Å². The van der Waals surface area contributed by atoms with Crippen LogP contribution in [-0.2, 0) is 10.4 Å². The monoisotopic (exact) mass is 518 g/mol. The average Bonchev–Trinajstić information content (AvgIpc) is 2.12. The third-order valence-corrected chi connectivity index (χ3v) is 4.54. The molecule has 1 aromatic rings. The lowest BCUT2D eigenvalue weighted by molar-refractivity contribution is 0.381. The maximum atomic E-state index is 8.74. The lowest BCUT2D eigenvalue weighted by Crippen LogP contribution is -2.07. The number of benzene rings is 1. The van der Waals surface area contributed by atoms with Crippen LogP contribution in [0.3, 0.4) is 0 Å². The fourth-order valence-corrected chi connectivity index (χ4v) is 2.33. The van der Waals surface area contributed by atoms with Gasteiger partial charge in [0.25, 0.3) is 0 Å². The standard InChI is InChI=1S/C6H4Br4N2.H2O4S/c7-4-1-3(11-12-10)2-5(8)6(4)9;1-5(2,3)4/h1-2,11-12H;(H2,1,2,3,4). The summed E-state index contributed by atoms with van der Waals surface area (Å²) in [6, 6.07) is 3.90. The van der Waals surface area contributed by atoms with Crippen LogP contribution in [0.2, 0.25) is 0 Å². The molecule has 17 heavy (non-hydrogen) atoms. The molecule has 11 heteroatoms. The zero-order valence-corrected chi connectivity index (χ0v) is 14.9. The molecule has 0 fully saturated rings. The van der Waals surface area contributed by atoms with Crippen LogP contribution < -0.4 is 9.88 Å². The van der Waals surface area contributed by atoms with Crippen LogP contribution in [0.4, 0.5) is 5.69 Å². The van der Waals surface area contributed by atoms with E-state index >= 15 is 0 Å². The lowest BCUT2D eigenvalue weighted by atomic mass is 10.3. The zero-order valence-electron chi connectivity index (χ0n) is 7.79. The first-order valence-electron chi connectivity index (χ1n) is 3.61. The summed E-state index contributed by atoms with van der Waals surface area (Å²) >= 11 is 13.3. The maximum absolute atomic E-state index is 8.74. The molecule has 0 amide bonds. The van der Waals surface area contributed by atoms with Gasteiger partial charge in [0.2, 0.25) is 0 Å². The van der Waals surface area contributed by atoms with Crippen molar-refractivity contribution < 1.29 is 17.5 Å². The van der Waals surface area contributed by atoms with E-state index in [-0.39, 0.29) is 0 Å². The SMILES string of the molecule is BrNNc1cc(Br)c(Br)c(Br)c1.O=S(=O)(O)O. The molecule has 6 nitrogen and oxygen atoms in total. The van der Waals surface area contributed by atoms with Gasteiger partial charge in [-0.1, -0.05) is 0 Å². The summed E-state index contributed by atoms with van der Waals surface area (Å²) in [5, 5.41) is 0. The molecule has 0 bridgehead atoms. The summed E-state index contributed by atoms with van der Waals surface area (Å²) in [6.07, 6.45) is 0. The Morgan fingerprint density at radius 1 is 1.06 bits per heavy atom. The molecule has 1 rings (SSSR count). The number of nitrogens with one attached hydrogen (secondary N) is 2. The van der Waals surface area contributed by atoms with E-state index < -0.39 is 10.4 Å². The highest BCUT2D eigenvalue weighted by molar-refractivity contribution is 9.14. The minimum Gasteiger partial charge on any atom is -0.312 e. The molecule has 0 spiro atoms. The van der Waals surface area contributed by atoms with Crippen LogP contribution in [-0.4, -0.2) is 17.5 Å². The first-order chi connectivity index (χ1) is 7.65. The highest BCUT2D eigenvalue weighted by atomic mass is 79.9. The quantitative estimate of drug-likeness (QED) is 0.206. The van der Waals surface area contributed by atoms with Crippen LogP contribution in [0.1, 0.15) is 0 Å². The average molecular weight is 522 g/mol. The fraction of sp³-hybridized carbons (Fsp3) is 0. The van der Waals surface area contributed by atoms with Crippen molar-refractivity contribution in [2.75, 3.05) is 5.43 Å². The van der Waals surface area contributed by atoms with Gasteiger partial charge in [-0.25, -0.2) is 0 Å². The van der Waals surface area contributed by atoms with Gasteiger partial charge in [-0.15, -0.1) is 0 Å². The normalized spacial score (nSPS) is 10.5. The minimum atomic E-state index is -4.67. The number of hydrogen-bond donors (Lipinski definition) is 4. The number of rotatable bonds is 2. The summed E-state index contributed by atoms with van der Waals surface area (Å²) in [7, 11) is -4.67. The predicted octanol–water partition coefficient (Wildman–Crippen LogP) is 3.55. The molecule has 0 unspecified atom stereocenters. The number of anilines is 1. The van der Waals surface area contributed by atoms with Crippen molar-refractivity contribution in [2.45, 2.75) is 0 Å². The van der Waals surface area contributed by atoms with Gasteiger partial charge in [0, 0.05) is 29.6 Å². The van der Waals surface area contributed by atoms with E-state index in [4.69, 9.17) is 17.5 Å². The number of halogens is 4. The summed E-state index contributed by atoms with van der Waals surface area (Å²) < 4.78 is 37.2. The number of hydrogen-bond acceptors (Lipinski definition) is 4. The van der Waals surface area contributed by atoms with Gasteiger partial charge in [-0.05, 0) is 59.9 Å². The Hall–Kier alpha value is 0.770. The highest BCUT2D eigenvalue weighted by Gasteiger charge is 2.03. The molecule has 4 N–H and O–H groups in total. The van der Waals surface area contributed by atoms with Gasteiger partial charge in [-0.3, -0.25) is 9.11 Å². The van der Waals surface area contributed by atoms with Gasteiger partial charge in [0.15, 0.2) is 0 Å². The molecule has 98 valence electrons. The van der Waals surface area contributed by atoms with Gasteiger partial charge >= 0.3 is 10.4 Å². The fourth-order valence-electron chi connectivity index (χ4n) is 0.682. The van der Waals surface area contributed by atoms with Crippen LogP contribution in [0, 0.1) is 0 Å². The Morgan fingerprint density at radius 3 is 1.71 bits per heavy atom. The first kappa shape index (κ1) is 17.8. The zero-order chi connectivity index (χ0) is 13.6. The Morgan fingerprint density at radius 2 is 1.41 bits per heavy atom. The lowest BCUT2D eigenvalue weighted by Gasteiger charge is -2.06. The topological polar surface area (TPSA) is 98.7 Å². The molecule has 0 aromatic heterocycles. The molecule has 0 aliphatic rings. The molecule has 1 aromatic carbocycles. The molecule has 0 aliphatic heterocycles. The van der Waals surface area contributed by atoms with Crippen molar-refractivity contribution in [3.05, 3.63) is 25.6 Å². The van der Waals surface area contributed by atoms with Crippen LogP contribution in [0.5, 0.6) is 0 Å². The molecular weight excluding hydrogens is 516 g/mol. The Kier molecular flexibility index (Phi) is 8.41. The van der Waals surface area contributed by atoms with Crippen molar-refractivity contribution >= 4 is 80.0 Å². The van der Waals surface area contributed by atoms with Crippen LogP contribution in [0.15, 0.2) is 25.6 Å². The van der Waals surface area contributed by atoms with Crippen molar-refractivity contribution in [3.63, 3.8) is 0 Å². The second-order valence-electron chi connectivity index (χ2n) is 2.42. The predicted molar refractivity (Wildman–Crippen MR) is 79.4 cm³/mol. The Labute approximate surface area is 132 Å². The Balaban J connectivity index is 0.000000437. The second-order valence-corrected chi connectivity index (χ2v) is 6.22. The van der Waals surface area contributed by atoms with Crippen molar-refractivity contribution in [3.8, 4) is 0 Å². The highest BCUT2D eigenvalue weighted by Crippen LogP contribution is 2.33. The number of hydrazine groups is 1. The van der Waals surface area contributed by atoms with Gasteiger partial charge in [-0.2, -0.15) is 12.9 Å². The molecule has 0 atom stereocenters. The molecule has 0 aliphatic carbocycles. The van der Waals surface area contributed by atoms with Gasteiger partial charge in [0.05, 0.1) is 5.69 Å². The summed E-state index contributed by atoms with van der Waals surface area (Å²) in [5.41, 5.74) is 3.85. The molecule has 0 heterocycles. The smallest absolute Gasteiger partial charge is 0.312 e. The minimum absolute atomic E-state index is 0.953. The van der Waals surface area contributed by atoms with Crippen molar-refractivity contribution in [2.24, 2.45) is 0 Å². The van der Waals surface area contributed by atoms with E-state index in [9.17, 15) is 0 Å². The van der Waals surface area contributed by atoms with E-state index in [2.05, 4.69) is 73.8 Å². The second kappa shape index (κ2) is 8.04. The van der Waals surface area contributed by atoms with Crippen LogP contribution >= 0.6 is 63.9 Å². The molecular formula is C6H6Br4N2O4S. The van der Waals surface area contributed by atoms with E-state index in [0.29, 0.717) is 0 Å². The Bertz CT molecular complexity index is 450. The van der Waals surface area contributed by atoms with E-state index in [1.165, 1.54) is 0 Å². The van der Waals surface area contributed by atoms with Gasteiger partial charge < -0.3 is 5.43 Å².